The average molecular weight is 220 g/mol. The van der Waals surface area contributed by atoms with Gasteiger partial charge in [-0.1, -0.05) is 0 Å². The summed E-state index contributed by atoms with van der Waals surface area (Å²) in [5, 5.41) is 12.7. The van der Waals surface area contributed by atoms with Gasteiger partial charge in [0.2, 0.25) is 0 Å². The molecule has 0 aliphatic rings. The Morgan fingerprint density at radius 3 is 2.81 bits per heavy atom. The van der Waals surface area contributed by atoms with Crippen LogP contribution in [0.2, 0.25) is 0 Å². The number of aromatic carboxylic acids is 1. The Balaban J connectivity index is 2.50. The van der Waals surface area contributed by atoms with E-state index >= 15 is 0 Å². The van der Waals surface area contributed by atoms with Crippen LogP contribution < -0.4 is 5.56 Å². The Hall–Kier alpha value is -2.44. The van der Waals surface area contributed by atoms with Crippen molar-refractivity contribution < 1.29 is 9.90 Å². The minimum Gasteiger partial charge on any atom is -0.477 e. The number of nitrogens with zero attached hydrogens (tertiary/aromatic N) is 3. The van der Waals surface area contributed by atoms with Gasteiger partial charge in [-0.15, -0.1) is 0 Å². The van der Waals surface area contributed by atoms with E-state index in [4.69, 9.17) is 5.11 Å². The van der Waals surface area contributed by atoms with Gasteiger partial charge in [0.15, 0.2) is 5.82 Å². The number of aromatic nitrogens is 4. The minimum absolute atomic E-state index is 0.246. The van der Waals surface area contributed by atoms with Crippen molar-refractivity contribution in [2.45, 2.75) is 0 Å². The average Bonchev–Trinajstić information content (AvgIpc) is 2.64. The van der Waals surface area contributed by atoms with Gasteiger partial charge in [-0.05, 0) is 6.07 Å². The number of hydrogen-bond acceptors (Lipinski definition) is 4. The largest absolute Gasteiger partial charge is 0.477 e. The maximum Gasteiger partial charge on any atom is 0.342 e. The molecule has 0 fully saturated rings. The van der Waals surface area contributed by atoms with Gasteiger partial charge in [0.25, 0.3) is 5.56 Å². The molecule has 16 heavy (non-hydrogen) atoms. The number of nitrogens with one attached hydrogen (secondary N) is 1. The molecule has 0 saturated carbocycles. The molecule has 0 amide bonds. The Morgan fingerprint density at radius 1 is 1.56 bits per heavy atom. The zero-order valence-electron chi connectivity index (χ0n) is 8.34. The van der Waals surface area contributed by atoms with Crippen LogP contribution in [0.15, 0.2) is 23.3 Å². The first-order chi connectivity index (χ1) is 7.58. The number of aryl methyl sites for hydroxylation is 1. The summed E-state index contributed by atoms with van der Waals surface area (Å²) in [4.78, 5) is 28.1. The first-order valence-corrected chi connectivity index (χ1v) is 4.40. The van der Waals surface area contributed by atoms with E-state index in [0.29, 0.717) is 5.69 Å². The predicted octanol–water partition coefficient (Wildman–Crippen LogP) is -0.131. The SMILES string of the molecule is Cn1ccc(-c2ncc(C(=O)O)c(=O)[nH]2)n1. The van der Waals surface area contributed by atoms with E-state index in [-0.39, 0.29) is 11.4 Å². The summed E-state index contributed by atoms with van der Waals surface area (Å²) in [6.45, 7) is 0. The van der Waals surface area contributed by atoms with Gasteiger partial charge >= 0.3 is 5.97 Å². The van der Waals surface area contributed by atoms with Gasteiger partial charge in [0, 0.05) is 19.4 Å². The second-order valence-corrected chi connectivity index (χ2v) is 3.15. The third kappa shape index (κ3) is 1.70. The number of hydrogen-bond donors (Lipinski definition) is 2. The number of carboxylic acids is 1. The van der Waals surface area contributed by atoms with Crippen LogP contribution in [0, 0.1) is 0 Å². The van der Waals surface area contributed by atoms with Gasteiger partial charge in [0.05, 0.1) is 0 Å². The maximum absolute atomic E-state index is 11.4. The molecular weight excluding hydrogens is 212 g/mol. The lowest BCUT2D eigenvalue weighted by Crippen LogP contribution is -2.18. The molecule has 0 saturated heterocycles. The van der Waals surface area contributed by atoms with Gasteiger partial charge in [0.1, 0.15) is 11.3 Å². The van der Waals surface area contributed by atoms with Crippen molar-refractivity contribution in [1.29, 1.82) is 0 Å². The molecular formula is C9H8N4O3. The normalized spacial score (nSPS) is 10.3. The maximum atomic E-state index is 11.4. The highest BCUT2D eigenvalue weighted by Crippen LogP contribution is 2.08. The highest BCUT2D eigenvalue weighted by atomic mass is 16.4. The smallest absolute Gasteiger partial charge is 0.342 e. The fourth-order valence-electron chi connectivity index (χ4n) is 1.22. The number of rotatable bonds is 2. The summed E-state index contributed by atoms with van der Waals surface area (Å²) in [6.07, 6.45) is 2.71. The second-order valence-electron chi connectivity index (χ2n) is 3.15. The molecule has 0 aromatic carbocycles. The van der Waals surface area contributed by atoms with E-state index in [1.807, 2.05) is 0 Å². The molecule has 2 N–H and O–H groups in total. The quantitative estimate of drug-likeness (QED) is 0.734. The van der Waals surface area contributed by atoms with E-state index in [1.165, 1.54) is 0 Å². The molecule has 0 aliphatic heterocycles. The predicted molar refractivity (Wildman–Crippen MR) is 54.0 cm³/mol. The second kappa shape index (κ2) is 3.61. The zero-order valence-corrected chi connectivity index (χ0v) is 8.34. The highest BCUT2D eigenvalue weighted by Gasteiger charge is 2.11. The molecule has 0 spiro atoms. The monoisotopic (exact) mass is 220 g/mol. The number of carboxylic acid groups (broad SMARTS) is 1. The first-order valence-electron chi connectivity index (χ1n) is 4.40. The van der Waals surface area contributed by atoms with Crippen LogP contribution in [0.3, 0.4) is 0 Å². The summed E-state index contributed by atoms with van der Waals surface area (Å²) in [6, 6.07) is 1.67. The molecule has 2 aromatic rings. The lowest BCUT2D eigenvalue weighted by Gasteiger charge is -1.96. The topological polar surface area (TPSA) is 101 Å². The van der Waals surface area contributed by atoms with Crippen LogP contribution >= 0.6 is 0 Å². The molecule has 0 atom stereocenters. The summed E-state index contributed by atoms with van der Waals surface area (Å²) >= 11 is 0. The van der Waals surface area contributed by atoms with Crippen LogP contribution in [0.4, 0.5) is 0 Å². The summed E-state index contributed by atoms with van der Waals surface area (Å²) in [5.41, 5.74) is -0.598. The molecule has 7 nitrogen and oxygen atoms in total. The number of H-pyrrole nitrogens is 1. The van der Waals surface area contributed by atoms with Crippen LogP contribution in [0.5, 0.6) is 0 Å². The van der Waals surface area contributed by atoms with Crippen molar-refractivity contribution in [3.63, 3.8) is 0 Å². The molecule has 0 bridgehead atoms. The van der Waals surface area contributed by atoms with Crippen molar-refractivity contribution in [2.24, 2.45) is 7.05 Å². The summed E-state index contributed by atoms with van der Waals surface area (Å²) in [7, 11) is 1.73. The fourth-order valence-corrected chi connectivity index (χ4v) is 1.22. The van der Waals surface area contributed by atoms with E-state index < -0.39 is 11.5 Å². The molecule has 2 rings (SSSR count). The van der Waals surface area contributed by atoms with Crippen LogP contribution in [0.25, 0.3) is 11.5 Å². The Kier molecular flexibility index (Phi) is 2.28. The molecule has 82 valence electrons. The van der Waals surface area contributed by atoms with E-state index in [1.54, 1.807) is 24.0 Å². The van der Waals surface area contributed by atoms with Gasteiger partial charge in [-0.3, -0.25) is 9.48 Å². The molecule has 0 unspecified atom stereocenters. The zero-order chi connectivity index (χ0) is 11.7. The van der Waals surface area contributed by atoms with Crippen molar-refractivity contribution >= 4 is 5.97 Å². The first kappa shape index (κ1) is 10.1. The summed E-state index contributed by atoms with van der Waals surface area (Å²) in [5.74, 6) is -1.06. The highest BCUT2D eigenvalue weighted by molar-refractivity contribution is 5.86. The van der Waals surface area contributed by atoms with Crippen LogP contribution in [-0.2, 0) is 7.05 Å². The Morgan fingerprint density at radius 2 is 2.31 bits per heavy atom. The van der Waals surface area contributed by atoms with Gasteiger partial charge < -0.3 is 10.1 Å². The third-order valence-electron chi connectivity index (χ3n) is 1.99. The summed E-state index contributed by atoms with van der Waals surface area (Å²) < 4.78 is 1.56. The molecule has 2 aromatic heterocycles. The van der Waals surface area contributed by atoms with Gasteiger partial charge in [-0.25, -0.2) is 9.78 Å². The molecule has 0 aliphatic carbocycles. The van der Waals surface area contributed by atoms with E-state index in [9.17, 15) is 9.59 Å². The van der Waals surface area contributed by atoms with Crippen molar-refractivity contribution in [2.75, 3.05) is 0 Å². The lowest BCUT2D eigenvalue weighted by molar-refractivity contribution is 0.0694. The van der Waals surface area contributed by atoms with E-state index in [0.717, 1.165) is 6.20 Å². The van der Waals surface area contributed by atoms with Crippen molar-refractivity contribution in [1.82, 2.24) is 19.7 Å². The third-order valence-corrected chi connectivity index (χ3v) is 1.99. The molecule has 0 radical (unpaired) electrons. The van der Waals surface area contributed by atoms with Crippen LogP contribution in [-0.4, -0.2) is 30.8 Å². The van der Waals surface area contributed by atoms with Gasteiger partial charge in [-0.2, -0.15) is 5.10 Å². The number of carbonyl (C=O) groups is 1. The van der Waals surface area contributed by atoms with Crippen molar-refractivity contribution in [3.05, 3.63) is 34.4 Å². The standard InChI is InChI=1S/C9H8N4O3/c1-13-3-2-6(12-13)7-10-4-5(9(15)16)8(14)11-7/h2-4H,1H3,(H,15,16)(H,10,11,14). The minimum atomic E-state index is -1.30. The number of aromatic amines is 1. The van der Waals surface area contributed by atoms with Crippen LogP contribution in [0.1, 0.15) is 10.4 Å². The Labute approximate surface area is 89.4 Å². The molecule has 7 heteroatoms. The lowest BCUT2D eigenvalue weighted by atomic mass is 10.3. The fraction of sp³-hybridized carbons (Fsp3) is 0.111. The van der Waals surface area contributed by atoms with E-state index in [2.05, 4.69) is 15.1 Å². The van der Waals surface area contributed by atoms with Crippen molar-refractivity contribution in [3.8, 4) is 11.5 Å². The molecule has 2 heterocycles. The Bertz CT molecular complexity index is 599.